The number of aromatic nitrogens is 1. The fourth-order valence-corrected chi connectivity index (χ4v) is 3.43. The lowest BCUT2D eigenvalue weighted by Gasteiger charge is -2.21. The van der Waals surface area contributed by atoms with Crippen LogP contribution in [0, 0.1) is 6.92 Å². The lowest BCUT2D eigenvalue weighted by atomic mass is 9.93. The van der Waals surface area contributed by atoms with E-state index >= 15 is 0 Å². The predicted molar refractivity (Wildman–Crippen MR) is 90.7 cm³/mol. The van der Waals surface area contributed by atoms with E-state index in [2.05, 4.69) is 32.0 Å². The SMILES string of the molecule is Cc1ccccc1[C@H]1C[C@H](C)N(C(=O)c2ccn(C)c(=O)c2)C1. The number of aryl methyl sites for hydroxylation is 2. The number of amides is 1. The fourth-order valence-electron chi connectivity index (χ4n) is 3.43. The molecule has 1 saturated heterocycles. The van der Waals surface area contributed by atoms with E-state index in [1.807, 2.05) is 11.0 Å². The van der Waals surface area contributed by atoms with Crippen molar-refractivity contribution >= 4 is 5.91 Å². The average molecular weight is 310 g/mol. The van der Waals surface area contributed by atoms with Gasteiger partial charge in [-0.2, -0.15) is 0 Å². The molecule has 1 amide bonds. The Bertz CT molecular complexity index is 794. The molecule has 1 aliphatic rings. The van der Waals surface area contributed by atoms with Crippen LogP contribution in [0.1, 0.15) is 40.7 Å². The second-order valence-electron chi connectivity index (χ2n) is 6.46. The highest BCUT2D eigenvalue weighted by Crippen LogP contribution is 2.33. The molecule has 4 heteroatoms. The second-order valence-corrected chi connectivity index (χ2v) is 6.46. The molecule has 0 aliphatic carbocycles. The van der Waals surface area contributed by atoms with Crippen molar-refractivity contribution in [2.24, 2.45) is 7.05 Å². The van der Waals surface area contributed by atoms with Gasteiger partial charge in [-0.3, -0.25) is 9.59 Å². The van der Waals surface area contributed by atoms with Crippen LogP contribution in [-0.2, 0) is 7.05 Å². The minimum absolute atomic E-state index is 0.0497. The van der Waals surface area contributed by atoms with Gasteiger partial charge in [0.2, 0.25) is 0 Å². The zero-order chi connectivity index (χ0) is 16.6. The molecule has 1 aromatic heterocycles. The predicted octanol–water partition coefficient (Wildman–Crippen LogP) is 2.71. The second kappa shape index (κ2) is 6.03. The molecule has 23 heavy (non-hydrogen) atoms. The molecule has 2 heterocycles. The number of carbonyl (C=O) groups is 1. The quantitative estimate of drug-likeness (QED) is 0.856. The van der Waals surface area contributed by atoms with E-state index in [1.54, 1.807) is 19.3 Å². The van der Waals surface area contributed by atoms with Crippen LogP contribution in [0.4, 0.5) is 0 Å². The maximum absolute atomic E-state index is 12.8. The van der Waals surface area contributed by atoms with Gasteiger partial charge in [-0.25, -0.2) is 0 Å². The van der Waals surface area contributed by atoms with Gasteiger partial charge in [0.15, 0.2) is 0 Å². The molecule has 0 spiro atoms. The first-order chi connectivity index (χ1) is 11.0. The summed E-state index contributed by atoms with van der Waals surface area (Å²) in [6, 6.07) is 11.7. The van der Waals surface area contributed by atoms with Gasteiger partial charge in [-0.15, -0.1) is 0 Å². The first-order valence-corrected chi connectivity index (χ1v) is 8.00. The molecule has 0 bridgehead atoms. The molecule has 2 aromatic rings. The lowest BCUT2D eigenvalue weighted by Crippen LogP contribution is -2.34. The Morgan fingerprint density at radius 2 is 1.96 bits per heavy atom. The lowest BCUT2D eigenvalue weighted by molar-refractivity contribution is 0.0745. The molecule has 0 unspecified atom stereocenters. The Morgan fingerprint density at radius 3 is 2.65 bits per heavy atom. The molecular formula is C19H22N2O2. The number of pyridine rings is 1. The topological polar surface area (TPSA) is 42.3 Å². The summed E-state index contributed by atoms with van der Waals surface area (Å²) in [5.41, 5.74) is 2.91. The Morgan fingerprint density at radius 1 is 1.22 bits per heavy atom. The number of benzene rings is 1. The number of nitrogens with zero attached hydrogens (tertiary/aromatic N) is 2. The van der Waals surface area contributed by atoms with Crippen molar-refractivity contribution in [2.45, 2.75) is 32.2 Å². The molecule has 1 aromatic carbocycles. The third kappa shape index (κ3) is 2.93. The Kier molecular flexibility index (Phi) is 4.07. The molecule has 3 rings (SSSR count). The normalized spacial score (nSPS) is 20.7. The number of carbonyl (C=O) groups excluding carboxylic acids is 1. The smallest absolute Gasteiger partial charge is 0.254 e. The van der Waals surface area contributed by atoms with Crippen molar-refractivity contribution in [3.8, 4) is 0 Å². The summed E-state index contributed by atoms with van der Waals surface area (Å²) in [6.45, 7) is 4.91. The molecule has 4 nitrogen and oxygen atoms in total. The first kappa shape index (κ1) is 15.5. The number of rotatable bonds is 2. The molecular weight excluding hydrogens is 288 g/mol. The van der Waals surface area contributed by atoms with Crippen LogP contribution in [0.5, 0.6) is 0 Å². The van der Waals surface area contributed by atoms with Crippen LogP contribution in [0.15, 0.2) is 47.4 Å². The summed E-state index contributed by atoms with van der Waals surface area (Å²) in [5, 5.41) is 0. The zero-order valence-electron chi connectivity index (χ0n) is 13.8. The molecule has 0 radical (unpaired) electrons. The largest absolute Gasteiger partial charge is 0.335 e. The molecule has 0 saturated carbocycles. The number of likely N-dealkylation sites (tertiary alicyclic amines) is 1. The Balaban J connectivity index is 1.84. The van der Waals surface area contributed by atoms with Gasteiger partial charge in [0.1, 0.15) is 0 Å². The summed E-state index contributed by atoms with van der Waals surface area (Å²) in [5.74, 6) is 0.313. The van der Waals surface area contributed by atoms with Gasteiger partial charge in [0, 0.05) is 43.4 Å². The van der Waals surface area contributed by atoms with Gasteiger partial charge in [-0.1, -0.05) is 24.3 Å². The van der Waals surface area contributed by atoms with E-state index in [4.69, 9.17) is 0 Å². The molecule has 120 valence electrons. The van der Waals surface area contributed by atoms with E-state index < -0.39 is 0 Å². The maximum atomic E-state index is 12.8. The highest BCUT2D eigenvalue weighted by molar-refractivity contribution is 5.94. The van der Waals surface area contributed by atoms with Gasteiger partial charge >= 0.3 is 0 Å². The maximum Gasteiger partial charge on any atom is 0.254 e. The molecule has 1 fully saturated rings. The van der Waals surface area contributed by atoms with Crippen molar-refractivity contribution in [2.75, 3.05) is 6.54 Å². The monoisotopic (exact) mass is 310 g/mol. The van der Waals surface area contributed by atoms with E-state index in [0.29, 0.717) is 18.0 Å². The summed E-state index contributed by atoms with van der Waals surface area (Å²) in [4.78, 5) is 26.4. The average Bonchev–Trinajstić information content (AvgIpc) is 2.91. The van der Waals surface area contributed by atoms with E-state index in [-0.39, 0.29) is 17.5 Å². The van der Waals surface area contributed by atoms with Crippen LogP contribution in [0.25, 0.3) is 0 Å². The van der Waals surface area contributed by atoms with Crippen molar-refractivity contribution in [1.82, 2.24) is 9.47 Å². The fraction of sp³-hybridized carbons (Fsp3) is 0.368. The Labute approximate surface area is 136 Å². The molecule has 1 aliphatic heterocycles. The van der Waals surface area contributed by atoms with Crippen molar-refractivity contribution in [3.05, 3.63) is 69.6 Å². The zero-order valence-corrected chi connectivity index (χ0v) is 13.8. The minimum Gasteiger partial charge on any atom is -0.335 e. The molecule has 0 N–H and O–H groups in total. The van der Waals surface area contributed by atoms with E-state index in [0.717, 1.165) is 6.42 Å². The van der Waals surface area contributed by atoms with E-state index in [1.165, 1.54) is 21.8 Å². The van der Waals surface area contributed by atoms with Gasteiger partial charge in [0.05, 0.1) is 0 Å². The van der Waals surface area contributed by atoms with Crippen molar-refractivity contribution in [3.63, 3.8) is 0 Å². The van der Waals surface area contributed by atoms with Crippen LogP contribution in [0.3, 0.4) is 0 Å². The molecule has 2 atom stereocenters. The first-order valence-electron chi connectivity index (χ1n) is 8.00. The van der Waals surface area contributed by atoms with Crippen LogP contribution >= 0.6 is 0 Å². The minimum atomic E-state index is -0.154. The third-order valence-electron chi connectivity index (χ3n) is 4.82. The van der Waals surface area contributed by atoms with Gasteiger partial charge in [0.25, 0.3) is 11.5 Å². The summed E-state index contributed by atoms with van der Waals surface area (Å²) in [6.07, 6.45) is 2.61. The van der Waals surface area contributed by atoms with Crippen LogP contribution < -0.4 is 5.56 Å². The summed E-state index contributed by atoms with van der Waals surface area (Å²) in [7, 11) is 1.68. The van der Waals surface area contributed by atoms with Crippen molar-refractivity contribution < 1.29 is 4.79 Å². The van der Waals surface area contributed by atoms with Gasteiger partial charge < -0.3 is 9.47 Å². The van der Waals surface area contributed by atoms with Crippen molar-refractivity contribution in [1.29, 1.82) is 0 Å². The van der Waals surface area contributed by atoms with E-state index in [9.17, 15) is 9.59 Å². The highest BCUT2D eigenvalue weighted by Gasteiger charge is 2.34. The third-order valence-corrected chi connectivity index (χ3v) is 4.82. The summed E-state index contributed by atoms with van der Waals surface area (Å²) >= 11 is 0. The highest BCUT2D eigenvalue weighted by atomic mass is 16.2. The number of hydrogen-bond donors (Lipinski definition) is 0. The van der Waals surface area contributed by atoms with Crippen LogP contribution in [0.2, 0.25) is 0 Å². The number of hydrogen-bond acceptors (Lipinski definition) is 2. The Hall–Kier alpha value is -2.36. The van der Waals surface area contributed by atoms with Crippen LogP contribution in [-0.4, -0.2) is 28.0 Å². The summed E-state index contributed by atoms with van der Waals surface area (Å²) < 4.78 is 1.47. The van der Waals surface area contributed by atoms with Gasteiger partial charge in [-0.05, 0) is 37.5 Å². The standard InChI is InChI=1S/C19H22N2O2/c1-13-6-4-5-7-17(13)16-10-14(2)21(12-16)19(23)15-8-9-20(3)18(22)11-15/h4-9,11,14,16H,10,12H2,1-3H3/t14-,16-/m0/s1.